The van der Waals surface area contributed by atoms with Crippen molar-refractivity contribution in [2.75, 3.05) is 0 Å². The maximum atomic E-state index is 12.6. The predicted molar refractivity (Wildman–Crippen MR) is 91.0 cm³/mol. The van der Waals surface area contributed by atoms with Gasteiger partial charge in [-0.2, -0.15) is 0 Å². The lowest BCUT2D eigenvalue weighted by Crippen LogP contribution is -2.24. The largest absolute Gasteiger partial charge is 0.506 e. The fraction of sp³-hybridized carbons (Fsp3) is 0.167. The Bertz CT molecular complexity index is 944. The number of aromatic nitrogens is 2. The Labute approximate surface area is 133 Å². The van der Waals surface area contributed by atoms with Crippen LogP contribution in [0.15, 0.2) is 58.6 Å². The molecule has 5 heteroatoms. The molecule has 0 aliphatic rings. The molecule has 0 saturated heterocycles. The summed E-state index contributed by atoms with van der Waals surface area (Å²) in [6.07, 6.45) is 3.43. The van der Waals surface area contributed by atoms with Crippen LogP contribution in [0.1, 0.15) is 18.1 Å². The van der Waals surface area contributed by atoms with Gasteiger partial charge in [-0.25, -0.2) is 0 Å². The monoisotopic (exact) mass is 307 g/mol. The summed E-state index contributed by atoms with van der Waals surface area (Å²) in [6, 6.07) is 11.0. The second kappa shape index (κ2) is 6.04. The number of pyridine rings is 2. The zero-order valence-electron chi connectivity index (χ0n) is 13.0. The Balaban J connectivity index is 2.10. The van der Waals surface area contributed by atoms with Crippen molar-refractivity contribution in [2.24, 2.45) is 12.0 Å². The van der Waals surface area contributed by atoms with Gasteiger partial charge in [-0.05, 0) is 30.7 Å². The normalized spacial score (nSPS) is 11.8. The van der Waals surface area contributed by atoms with Crippen molar-refractivity contribution >= 4 is 16.6 Å². The van der Waals surface area contributed by atoms with E-state index >= 15 is 0 Å². The van der Waals surface area contributed by atoms with Crippen LogP contribution in [0.25, 0.3) is 10.9 Å². The molecule has 0 spiro atoms. The van der Waals surface area contributed by atoms with Crippen molar-refractivity contribution in [1.29, 1.82) is 0 Å². The molecule has 0 atom stereocenters. The fourth-order valence-electron chi connectivity index (χ4n) is 2.59. The highest BCUT2D eigenvalue weighted by Gasteiger charge is 2.16. The van der Waals surface area contributed by atoms with Gasteiger partial charge in [0.2, 0.25) is 0 Å². The third kappa shape index (κ3) is 2.73. The Morgan fingerprint density at radius 1 is 1.26 bits per heavy atom. The number of hydrogen-bond acceptors (Lipinski definition) is 4. The molecule has 3 rings (SSSR count). The van der Waals surface area contributed by atoms with Crippen LogP contribution in [-0.2, 0) is 13.6 Å². The summed E-state index contributed by atoms with van der Waals surface area (Å²) in [5.74, 6) is -0.0175. The number of aliphatic imine (C=N–C) groups is 1. The van der Waals surface area contributed by atoms with Crippen LogP contribution >= 0.6 is 0 Å². The zero-order chi connectivity index (χ0) is 16.4. The van der Waals surface area contributed by atoms with Gasteiger partial charge in [-0.15, -0.1) is 0 Å². The summed E-state index contributed by atoms with van der Waals surface area (Å²) in [5.41, 5.74) is 2.14. The van der Waals surface area contributed by atoms with Crippen molar-refractivity contribution in [1.82, 2.24) is 9.55 Å². The second-order valence-corrected chi connectivity index (χ2v) is 5.37. The van der Waals surface area contributed by atoms with E-state index in [0.29, 0.717) is 23.2 Å². The summed E-state index contributed by atoms with van der Waals surface area (Å²) in [6.45, 7) is 2.15. The average Bonchev–Trinajstić information content (AvgIpc) is 2.59. The summed E-state index contributed by atoms with van der Waals surface area (Å²) in [4.78, 5) is 21.0. The third-order valence-corrected chi connectivity index (χ3v) is 3.86. The maximum Gasteiger partial charge on any atom is 0.263 e. The molecule has 0 unspecified atom stereocenters. The molecular weight excluding hydrogens is 290 g/mol. The van der Waals surface area contributed by atoms with Crippen LogP contribution in [-0.4, -0.2) is 20.4 Å². The van der Waals surface area contributed by atoms with Gasteiger partial charge < -0.3 is 9.67 Å². The highest BCUT2D eigenvalue weighted by atomic mass is 16.3. The lowest BCUT2D eigenvalue weighted by atomic mass is 10.1. The first-order valence-electron chi connectivity index (χ1n) is 7.30. The number of fused-ring (bicyclic) bond motifs is 1. The first-order chi connectivity index (χ1) is 11.1. The Morgan fingerprint density at radius 2 is 2.04 bits per heavy atom. The summed E-state index contributed by atoms with van der Waals surface area (Å²) >= 11 is 0. The topological polar surface area (TPSA) is 67.5 Å². The number of rotatable bonds is 3. The molecule has 0 aliphatic carbocycles. The van der Waals surface area contributed by atoms with Gasteiger partial charge >= 0.3 is 0 Å². The van der Waals surface area contributed by atoms with E-state index in [1.54, 1.807) is 32.4 Å². The number of nitrogens with zero attached hydrogens (tertiary/aromatic N) is 3. The number of aryl methyl sites for hydroxylation is 1. The van der Waals surface area contributed by atoms with Gasteiger partial charge in [0.15, 0.2) is 0 Å². The van der Waals surface area contributed by atoms with Crippen LogP contribution in [0.5, 0.6) is 5.75 Å². The minimum absolute atomic E-state index is 0.0175. The van der Waals surface area contributed by atoms with E-state index in [-0.39, 0.29) is 16.9 Å². The van der Waals surface area contributed by atoms with Crippen LogP contribution in [0.4, 0.5) is 0 Å². The smallest absolute Gasteiger partial charge is 0.263 e. The quantitative estimate of drug-likeness (QED) is 0.756. The van der Waals surface area contributed by atoms with E-state index in [1.807, 2.05) is 30.3 Å². The van der Waals surface area contributed by atoms with Crippen molar-refractivity contribution in [3.05, 3.63) is 70.3 Å². The number of hydrogen-bond donors (Lipinski definition) is 1. The van der Waals surface area contributed by atoms with Crippen molar-refractivity contribution in [3.8, 4) is 5.75 Å². The molecule has 1 N–H and O–H groups in total. The van der Waals surface area contributed by atoms with E-state index in [2.05, 4.69) is 9.98 Å². The molecule has 0 radical (unpaired) electrons. The molecule has 0 amide bonds. The van der Waals surface area contributed by atoms with E-state index < -0.39 is 0 Å². The summed E-state index contributed by atoms with van der Waals surface area (Å²) < 4.78 is 1.54. The minimum Gasteiger partial charge on any atom is -0.506 e. The molecule has 23 heavy (non-hydrogen) atoms. The fourth-order valence-corrected chi connectivity index (χ4v) is 2.59. The molecule has 116 valence electrons. The SMILES string of the molecule is CC(=NCc1cccnc1)c1c(O)c2ccccc2n(C)c1=O. The summed E-state index contributed by atoms with van der Waals surface area (Å²) in [5, 5.41) is 11.2. The molecule has 0 saturated carbocycles. The molecule has 0 aliphatic heterocycles. The average molecular weight is 307 g/mol. The first kappa shape index (κ1) is 15.0. The van der Waals surface area contributed by atoms with E-state index in [1.165, 1.54) is 4.57 Å². The highest BCUT2D eigenvalue weighted by Crippen LogP contribution is 2.26. The Morgan fingerprint density at radius 3 is 2.78 bits per heavy atom. The zero-order valence-corrected chi connectivity index (χ0v) is 13.0. The van der Waals surface area contributed by atoms with Crippen LogP contribution < -0.4 is 5.56 Å². The van der Waals surface area contributed by atoms with Gasteiger partial charge in [0, 0.05) is 30.5 Å². The first-order valence-corrected chi connectivity index (χ1v) is 7.30. The predicted octanol–water partition coefficient (Wildman–Crippen LogP) is 2.65. The van der Waals surface area contributed by atoms with Crippen molar-refractivity contribution < 1.29 is 5.11 Å². The standard InChI is InChI=1S/C18H17N3O2/c1-12(20-11-13-6-5-9-19-10-13)16-17(22)14-7-3-4-8-15(14)21(2)18(16)23/h3-10,22H,11H2,1-2H3. The van der Waals surface area contributed by atoms with E-state index in [0.717, 1.165) is 5.56 Å². The van der Waals surface area contributed by atoms with Gasteiger partial charge in [0.05, 0.1) is 12.1 Å². The van der Waals surface area contributed by atoms with Crippen LogP contribution in [0.3, 0.4) is 0 Å². The number of aromatic hydroxyl groups is 1. The molecule has 3 aromatic rings. The lowest BCUT2D eigenvalue weighted by Gasteiger charge is -2.11. The van der Waals surface area contributed by atoms with E-state index in [4.69, 9.17) is 0 Å². The highest BCUT2D eigenvalue weighted by molar-refractivity contribution is 6.05. The van der Waals surface area contributed by atoms with Gasteiger partial charge in [-0.3, -0.25) is 14.8 Å². The molecule has 0 bridgehead atoms. The molecule has 5 nitrogen and oxygen atoms in total. The lowest BCUT2D eigenvalue weighted by molar-refractivity contribution is 0.478. The van der Waals surface area contributed by atoms with E-state index in [9.17, 15) is 9.90 Å². The Kier molecular flexibility index (Phi) is 3.93. The molecule has 1 aromatic carbocycles. The molecule has 2 heterocycles. The third-order valence-electron chi connectivity index (χ3n) is 3.86. The number of benzene rings is 1. The van der Waals surface area contributed by atoms with Gasteiger partial charge in [-0.1, -0.05) is 18.2 Å². The molecular formula is C18H17N3O2. The second-order valence-electron chi connectivity index (χ2n) is 5.37. The maximum absolute atomic E-state index is 12.6. The van der Waals surface area contributed by atoms with Gasteiger partial charge in [0.1, 0.15) is 11.3 Å². The molecule has 2 aromatic heterocycles. The van der Waals surface area contributed by atoms with Crippen LogP contribution in [0.2, 0.25) is 0 Å². The van der Waals surface area contributed by atoms with Crippen LogP contribution in [0, 0.1) is 0 Å². The Hall–Kier alpha value is -2.95. The minimum atomic E-state index is -0.256. The van der Waals surface area contributed by atoms with Crippen molar-refractivity contribution in [2.45, 2.75) is 13.5 Å². The summed E-state index contributed by atoms with van der Waals surface area (Å²) in [7, 11) is 1.70. The van der Waals surface area contributed by atoms with Crippen molar-refractivity contribution in [3.63, 3.8) is 0 Å². The number of para-hydroxylation sites is 1. The molecule has 0 fully saturated rings. The van der Waals surface area contributed by atoms with Gasteiger partial charge in [0.25, 0.3) is 5.56 Å².